The molecule has 0 spiro atoms. The van der Waals surface area contributed by atoms with Crippen LogP contribution in [0.15, 0.2) is 59.9 Å². The fourth-order valence-electron chi connectivity index (χ4n) is 1.85. The maximum absolute atomic E-state index is 4.53. The van der Waals surface area contributed by atoms with Crippen LogP contribution in [0.1, 0.15) is 10.8 Å². The van der Waals surface area contributed by atoms with E-state index in [1.807, 2.05) is 18.2 Å². The van der Waals surface area contributed by atoms with E-state index in [0.717, 1.165) is 17.4 Å². The fraction of sp³-hybridized carbons (Fsp3) is 0.143. The Labute approximate surface area is 110 Å². The maximum Gasteiger partial charge on any atom is 0.161 e. The van der Waals surface area contributed by atoms with Crippen LogP contribution in [-0.2, 0) is 0 Å². The molecule has 3 nitrogen and oxygen atoms in total. The first-order valence-corrected chi connectivity index (χ1v) is 6.73. The van der Waals surface area contributed by atoms with Gasteiger partial charge in [-0.15, -0.1) is 0 Å². The summed E-state index contributed by atoms with van der Waals surface area (Å²) in [5.74, 6) is 0. The normalized spacial score (nSPS) is 18.4. The second kappa shape index (κ2) is 5.23. The summed E-state index contributed by atoms with van der Waals surface area (Å²) >= 11 is 1.77. The van der Waals surface area contributed by atoms with Gasteiger partial charge in [0.15, 0.2) is 5.17 Å². The number of aromatic nitrogens is 1. The lowest BCUT2D eigenvalue weighted by molar-refractivity contribution is 0.966. The van der Waals surface area contributed by atoms with Crippen LogP contribution in [0.4, 0.5) is 5.69 Å². The summed E-state index contributed by atoms with van der Waals surface area (Å²) in [6.07, 6.45) is 3.57. The second-order valence-corrected chi connectivity index (χ2v) is 5.22. The van der Waals surface area contributed by atoms with E-state index in [1.54, 1.807) is 24.2 Å². The summed E-state index contributed by atoms with van der Waals surface area (Å²) in [6, 6.07) is 14.4. The summed E-state index contributed by atoms with van der Waals surface area (Å²) in [5, 5.41) is 4.68. The fourth-order valence-corrected chi connectivity index (χ4v) is 2.88. The number of benzene rings is 1. The van der Waals surface area contributed by atoms with Crippen molar-refractivity contribution in [2.75, 3.05) is 11.9 Å². The van der Waals surface area contributed by atoms with Crippen molar-refractivity contribution in [3.63, 3.8) is 0 Å². The maximum atomic E-state index is 4.53. The van der Waals surface area contributed by atoms with E-state index in [9.17, 15) is 0 Å². The minimum absolute atomic E-state index is 0.422. The van der Waals surface area contributed by atoms with Crippen LogP contribution in [0.25, 0.3) is 0 Å². The van der Waals surface area contributed by atoms with Gasteiger partial charge in [0.1, 0.15) is 0 Å². The Balaban J connectivity index is 1.65. The highest BCUT2D eigenvalue weighted by Crippen LogP contribution is 2.35. The molecule has 0 radical (unpaired) electrons. The molecule has 0 bridgehead atoms. The summed E-state index contributed by atoms with van der Waals surface area (Å²) < 4.78 is 0. The lowest BCUT2D eigenvalue weighted by Crippen LogP contribution is -2.05. The van der Waals surface area contributed by atoms with E-state index in [1.165, 1.54) is 5.56 Å². The molecule has 2 heterocycles. The Kier molecular flexibility index (Phi) is 3.28. The zero-order valence-electron chi connectivity index (χ0n) is 9.78. The van der Waals surface area contributed by atoms with Gasteiger partial charge in [-0.05, 0) is 17.7 Å². The number of anilines is 1. The first-order chi connectivity index (χ1) is 8.92. The van der Waals surface area contributed by atoms with Crippen molar-refractivity contribution < 1.29 is 0 Å². The van der Waals surface area contributed by atoms with Gasteiger partial charge >= 0.3 is 0 Å². The Morgan fingerprint density at radius 2 is 2.00 bits per heavy atom. The Bertz CT molecular complexity index is 539. The molecule has 1 aromatic heterocycles. The number of nitrogens with one attached hydrogen (secondary N) is 1. The molecule has 4 heteroatoms. The SMILES string of the molecule is c1ccc(C2CN=C(Nc3cccnc3)S2)cc1. The van der Waals surface area contributed by atoms with Crippen molar-refractivity contribution in [3.05, 3.63) is 60.4 Å². The Morgan fingerprint density at radius 1 is 1.11 bits per heavy atom. The average molecular weight is 255 g/mol. The highest BCUT2D eigenvalue weighted by Gasteiger charge is 2.20. The van der Waals surface area contributed by atoms with Crippen LogP contribution in [0.5, 0.6) is 0 Å². The number of nitrogens with zero attached hydrogens (tertiary/aromatic N) is 2. The van der Waals surface area contributed by atoms with Crippen molar-refractivity contribution in [1.29, 1.82) is 0 Å². The summed E-state index contributed by atoms with van der Waals surface area (Å²) in [5.41, 5.74) is 2.31. The van der Waals surface area contributed by atoms with Gasteiger partial charge in [-0.1, -0.05) is 42.1 Å². The molecule has 0 amide bonds. The van der Waals surface area contributed by atoms with E-state index in [-0.39, 0.29) is 0 Å². The molecule has 18 heavy (non-hydrogen) atoms. The zero-order chi connectivity index (χ0) is 12.2. The topological polar surface area (TPSA) is 37.3 Å². The monoisotopic (exact) mass is 255 g/mol. The smallest absolute Gasteiger partial charge is 0.161 e. The minimum Gasteiger partial charge on any atom is -0.334 e. The van der Waals surface area contributed by atoms with Crippen molar-refractivity contribution in [1.82, 2.24) is 4.98 Å². The van der Waals surface area contributed by atoms with Gasteiger partial charge in [0, 0.05) is 6.20 Å². The number of thioether (sulfide) groups is 1. The predicted octanol–water partition coefficient (Wildman–Crippen LogP) is 3.34. The van der Waals surface area contributed by atoms with Crippen LogP contribution in [0, 0.1) is 0 Å². The predicted molar refractivity (Wildman–Crippen MR) is 76.9 cm³/mol. The third-order valence-electron chi connectivity index (χ3n) is 2.74. The lowest BCUT2D eigenvalue weighted by Gasteiger charge is -2.09. The van der Waals surface area contributed by atoms with Crippen molar-refractivity contribution in [2.45, 2.75) is 5.25 Å². The molecule has 2 aromatic rings. The van der Waals surface area contributed by atoms with Crippen molar-refractivity contribution in [2.24, 2.45) is 4.99 Å². The molecule has 1 aromatic carbocycles. The van der Waals surface area contributed by atoms with E-state index >= 15 is 0 Å². The average Bonchev–Trinajstić information content (AvgIpc) is 2.89. The van der Waals surface area contributed by atoms with Crippen LogP contribution < -0.4 is 5.32 Å². The van der Waals surface area contributed by atoms with Crippen LogP contribution >= 0.6 is 11.8 Å². The highest BCUT2D eigenvalue weighted by atomic mass is 32.2. The molecular weight excluding hydrogens is 242 g/mol. The first kappa shape index (κ1) is 11.3. The largest absolute Gasteiger partial charge is 0.334 e. The van der Waals surface area contributed by atoms with Crippen molar-refractivity contribution >= 4 is 22.6 Å². The lowest BCUT2D eigenvalue weighted by atomic mass is 10.1. The molecular formula is C14H13N3S. The van der Waals surface area contributed by atoms with Gasteiger partial charge < -0.3 is 5.32 Å². The quantitative estimate of drug-likeness (QED) is 0.894. The molecule has 0 saturated heterocycles. The molecule has 1 unspecified atom stereocenters. The number of amidine groups is 1. The Hall–Kier alpha value is -1.81. The molecule has 1 atom stereocenters. The number of rotatable bonds is 2. The van der Waals surface area contributed by atoms with Crippen LogP contribution in [0.3, 0.4) is 0 Å². The van der Waals surface area contributed by atoms with Gasteiger partial charge in [-0.3, -0.25) is 9.98 Å². The molecule has 1 aliphatic rings. The minimum atomic E-state index is 0.422. The third-order valence-corrected chi connectivity index (χ3v) is 3.90. The van der Waals surface area contributed by atoms with Crippen LogP contribution in [-0.4, -0.2) is 16.7 Å². The standard InChI is InChI=1S/C14H13N3S/c1-2-5-11(6-3-1)13-10-16-14(18-13)17-12-7-4-8-15-9-12/h1-9,13H,10H2,(H,16,17). The van der Waals surface area contributed by atoms with Gasteiger partial charge in [-0.25, -0.2) is 0 Å². The number of aliphatic imine (C=N–C) groups is 1. The van der Waals surface area contributed by atoms with Gasteiger partial charge in [0.05, 0.1) is 23.7 Å². The van der Waals surface area contributed by atoms with E-state index in [4.69, 9.17) is 0 Å². The second-order valence-electron chi connectivity index (χ2n) is 4.03. The van der Waals surface area contributed by atoms with Crippen molar-refractivity contribution in [3.8, 4) is 0 Å². The number of hydrogen-bond acceptors (Lipinski definition) is 4. The van der Waals surface area contributed by atoms with Gasteiger partial charge in [-0.2, -0.15) is 0 Å². The summed E-state index contributed by atoms with van der Waals surface area (Å²) in [6.45, 7) is 0.831. The summed E-state index contributed by atoms with van der Waals surface area (Å²) in [7, 11) is 0. The van der Waals surface area contributed by atoms with E-state index in [0.29, 0.717) is 5.25 Å². The molecule has 0 aliphatic carbocycles. The third kappa shape index (κ3) is 2.54. The number of pyridine rings is 1. The molecule has 3 rings (SSSR count). The molecule has 0 saturated carbocycles. The first-order valence-electron chi connectivity index (χ1n) is 5.85. The molecule has 90 valence electrons. The zero-order valence-corrected chi connectivity index (χ0v) is 10.6. The molecule has 1 aliphatic heterocycles. The Morgan fingerprint density at radius 3 is 2.78 bits per heavy atom. The highest BCUT2D eigenvalue weighted by molar-refractivity contribution is 8.14. The molecule has 1 N–H and O–H groups in total. The molecule has 0 fully saturated rings. The number of hydrogen-bond donors (Lipinski definition) is 1. The van der Waals surface area contributed by atoms with E-state index in [2.05, 4.69) is 39.6 Å². The van der Waals surface area contributed by atoms with E-state index < -0.39 is 0 Å². The summed E-state index contributed by atoms with van der Waals surface area (Å²) in [4.78, 5) is 8.61. The van der Waals surface area contributed by atoms with Crippen LogP contribution in [0.2, 0.25) is 0 Å². The van der Waals surface area contributed by atoms with Gasteiger partial charge in [0.2, 0.25) is 0 Å². The van der Waals surface area contributed by atoms with Gasteiger partial charge in [0.25, 0.3) is 0 Å².